The maximum atomic E-state index is 12.4. The number of aromatic nitrogens is 1. The second-order valence-electron chi connectivity index (χ2n) is 6.81. The molecule has 2 aromatic rings. The zero-order valence-electron chi connectivity index (χ0n) is 17.2. The number of nitrogens with one attached hydrogen (secondary N) is 1. The van der Waals surface area contributed by atoms with Gasteiger partial charge in [-0.15, -0.1) is 0 Å². The monoisotopic (exact) mass is 368 g/mol. The summed E-state index contributed by atoms with van der Waals surface area (Å²) in [7, 11) is 1.84. The van der Waals surface area contributed by atoms with Crippen LogP contribution >= 0.6 is 0 Å². The lowest BCUT2D eigenvalue weighted by Gasteiger charge is -2.22. The molecule has 5 nitrogen and oxygen atoms in total. The summed E-state index contributed by atoms with van der Waals surface area (Å²) in [6, 6.07) is 10.1. The lowest BCUT2D eigenvalue weighted by atomic mass is 10.1. The summed E-state index contributed by atoms with van der Waals surface area (Å²) in [5, 5.41) is 3.35. The molecule has 5 heteroatoms. The van der Waals surface area contributed by atoms with Gasteiger partial charge < -0.3 is 15.1 Å². The summed E-state index contributed by atoms with van der Waals surface area (Å²) < 4.78 is 0. The molecule has 1 aromatic carbocycles. The fourth-order valence-corrected chi connectivity index (χ4v) is 3.02. The molecule has 1 aromatic heterocycles. The molecule has 27 heavy (non-hydrogen) atoms. The Morgan fingerprint density at radius 2 is 1.85 bits per heavy atom. The zero-order chi connectivity index (χ0) is 19.8. The van der Waals surface area contributed by atoms with Crippen molar-refractivity contribution in [1.82, 2.24) is 9.88 Å². The number of hydrogen-bond donors (Lipinski definition) is 1. The molecule has 0 bridgehead atoms. The van der Waals surface area contributed by atoms with Gasteiger partial charge in [0.1, 0.15) is 5.82 Å². The van der Waals surface area contributed by atoms with Gasteiger partial charge in [-0.2, -0.15) is 0 Å². The summed E-state index contributed by atoms with van der Waals surface area (Å²) >= 11 is 0. The summed E-state index contributed by atoms with van der Waals surface area (Å²) in [5.41, 5.74) is 4.04. The minimum atomic E-state index is 0.0160. The van der Waals surface area contributed by atoms with E-state index in [2.05, 4.69) is 61.1 Å². The molecule has 0 radical (unpaired) electrons. The molecule has 0 unspecified atom stereocenters. The van der Waals surface area contributed by atoms with Gasteiger partial charge in [0.05, 0.1) is 5.56 Å². The first-order valence-corrected chi connectivity index (χ1v) is 9.84. The van der Waals surface area contributed by atoms with E-state index in [1.165, 1.54) is 11.3 Å². The highest BCUT2D eigenvalue weighted by Gasteiger charge is 2.12. The molecule has 0 aliphatic carbocycles. The van der Waals surface area contributed by atoms with Crippen molar-refractivity contribution < 1.29 is 4.79 Å². The van der Waals surface area contributed by atoms with Crippen LogP contribution in [0.15, 0.2) is 36.5 Å². The van der Waals surface area contributed by atoms with Crippen molar-refractivity contribution >= 4 is 23.1 Å². The third-order valence-corrected chi connectivity index (χ3v) is 4.81. The molecule has 0 fully saturated rings. The van der Waals surface area contributed by atoms with Gasteiger partial charge in [-0.1, -0.05) is 13.3 Å². The Labute approximate surface area is 163 Å². The second kappa shape index (κ2) is 9.95. The number of aryl methyl sites for hydroxylation is 1. The van der Waals surface area contributed by atoms with Crippen molar-refractivity contribution in [2.75, 3.05) is 36.9 Å². The van der Waals surface area contributed by atoms with E-state index in [0.29, 0.717) is 5.56 Å². The van der Waals surface area contributed by atoms with Crippen LogP contribution in [0.25, 0.3) is 0 Å². The highest BCUT2D eigenvalue weighted by Crippen LogP contribution is 2.25. The molecule has 1 N–H and O–H groups in total. The molecule has 0 spiro atoms. The summed E-state index contributed by atoms with van der Waals surface area (Å²) in [6.07, 6.45) is 3.73. The minimum Gasteiger partial charge on any atom is -0.372 e. The standard InChI is InChI=1S/C22H32N4O/c1-6-9-14-25(5)22(27)18-10-13-21(23-16-18)24-20-12-11-19(15-17(20)4)26(7-2)8-3/h10-13,15-16H,6-9,14H2,1-5H3,(H,23,24). The van der Waals surface area contributed by atoms with Crippen molar-refractivity contribution in [2.24, 2.45) is 0 Å². The van der Waals surface area contributed by atoms with Crippen LogP contribution in [-0.2, 0) is 0 Å². The Bertz CT molecular complexity index is 738. The van der Waals surface area contributed by atoms with Crippen LogP contribution in [0, 0.1) is 6.92 Å². The van der Waals surface area contributed by atoms with Gasteiger partial charge in [-0.05, 0) is 63.1 Å². The number of amides is 1. The quantitative estimate of drug-likeness (QED) is 0.687. The highest BCUT2D eigenvalue weighted by molar-refractivity contribution is 5.94. The fraction of sp³-hybridized carbons (Fsp3) is 0.455. The van der Waals surface area contributed by atoms with Gasteiger partial charge in [0.25, 0.3) is 5.91 Å². The van der Waals surface area contributed by atoms with E-state index in [1.807, 2.05) is 19.2 Å². The molecular weight excluding hydrogens is 336 g/mol. The number of carbonyl (C=O) groups excluding carboxylic acids is 1. The fourth-order valence-electron chi connectivity index (χ4n) is 3.02. The molecule has 0 aliphatic rings. The van der Waals surface area contributed by atoms with Gasteiger partial charge in [-0.25, -0.2) is 4.98 Å². The smallest absolute Gasteiger partial charge is 0.255 e. The lowest BCUT2D eigenvalue weighted by Crippen LogP contribution is -2.27. The predicted molar refractivity (Wildman–Crippen MR) is 114 cm³/mol. The number of carbonyl (C=O) groups is 1. The van der Waals surface area contributed by atoms with Gasteiger partial charge in [0.15, 0.2) is 0 Å². The van der Waals surface area contributed by atoms with E-state index in [9.17, 15) is 4.79 Å². The average Bonchev–Trinajstić information content (AvgIpc) is 2.69. The first kappa shape index (κ1) is 20.7. The Kier molecular flexibility index (Phi) is 7.65. The van der Waals surface area contributed by atoms with Gasteiger partial charge >= 0.3 is 0 Å². The molecule has 1 amide bonds. The first-order valence-electron chi connectivity index (χ1n) is 9.84. The van der Waals surface area contributed by atoms with Crippen LogP contribution in [0.3, 0.4) is 0 Å². The Hall–Kier alpha value is -2.56. The summed E-state index contributed by atoms with van der Waals surface area (Å²) in [5.74, 6) is 0.753. The SMILES string of the molecule is CCCCN(C)C(=O)c1ccc(Nc2ccc(N(CC)CC)cc2C)nc1. The van der Waals surface area contributed by atoms with Gasteiger partial charge in [-0.3, -0.25) is 4.79 Å². The molecule has 146 valence electrons. The van der Waals surface area contributed by atoms with Crippen LogP contribution in [-0.4, -0.2) is 42.5 Å². The summed E-state index contributed by atoms with van der Waals surface area (Å²) in [4.78, 5) is 20.9. The number of unbranched alkanes of at least 4 members (excludes halogenated alkanes) is 1. The molecular formula is C22H32N4O. The molecule has 1 heterocycles. The maximum absolute atomic E-state index is 12.4. The third kappa shape index (κ3) is 5.46. The van der Waals surface area contributed by atoms with Crippen LogP contribution in [0.4, 0.5) is 17.2 Å². The van der Waals surface area contributed by atoms with E-state index in [1.54, 1.807) is 11.1 Å². The van der Waals surface area contributed by atoms with Crippen molar-refractivity contribution in [3.05, 3.63) is 47.7 Å². The highest BCUT2D eigenvalue weighted by atomic mass is 16.2. The maximum Gasteiger partial charge on any atom is 0.255 e. The Morgan fingerprint density at radius 3 is 2.41 bits per heavy atom. The van der Waals surface area contributed by atoms with Crippen molar-refractivity contribution in [2.45, 2.75) is 40.5 Å². The van der Waals surface area contributed by atoms with Gasteiger partial charge in [0.2, 0.25) is 0 Å². The number of benzene rings is 1. The number of rotatable bonds is 9. The topological polar surface area (TPSA) is 48.5 Å². The van der Waals surface area contributed by atoms with E-state index in [4.69, 9.17) is 0 Å². The van der Waals surface area contributed by atoms with Crippen LogP contribution < -0.4 is 10.2 Å². The molecule has 2 rings (SSSR count). The van der Waals surface area contributed by atoms with Crippen molar-refractivity contribution in [1.29, 1.82) is 0 Å². The molecule has 0 atom stereocenters. The lowest BCUT2D eigenvalue weighted by molar-refractivity contribution is 0.0793. The van der Waals surface area contributed by atoms with Gasteiger partial charge in [0, 0.05) is 44.3 Å². The Morgan fingerprint density at radius 1 is 1.11 bits per heavy atom. The predicted octanol–water partition coefficient (Wildman–Crippen LogP) is 4.85. The first-order chi connectivity index (χ1) is 13.0. The Balaban J connectivity index is 2.07. The van der Waals surface area contributed by atoms with E-state index in [0.717, 1.165) is 44.0 Å². The number of anilines is 3. The number of hydrogen-bond acceptors (Lipinski definition) is 4. The van der Waals surface area contributed by atoms with Crippen molar-refractivity contribution in [3.8, 4) is 0 Å². The minimum absolute atomic E-state index is 0.0160. The molecule has 0 aliphatic heterocycles. The van der Waals surface area contributed by atoms with Crippen LogP contribution in [0.1, 0.15) is 49.5 Å². The normalized spacial score (nSPS) is 10.6. The molecule has 0 saturated heterocycles. The van der Waals surface area contributed by atoms with Crippen LogP contribution in [0.5, 0.6) is 0 Å². The number of pyridine rings is 1. The van der Waals surface area contributed by atoms with Crippen molar-refractivity contribution in [3.63, 3.8) is 0 Å². The number of nitrogens with zero attached hydrogens (tertiary/aromatic N) is 3. The van der Waals surface area contributed by atoms with Crippen LogP contribution in [0.2, 0.25) is 0 Å². The summed E-state index contributed by atoms with van der Waals surface area (Å²) in [6.45, 7) is 11.3. The van der Waals surface area contributed by atoms with E-state index >= 15 is 0 Å². The molecule has 0 saturated carbocycles. The van der Waals surface area contributed by atoms with E-state index < -0.39 is 0 Å². The third-order valence-electron chi connectivity index (χ3n) is 4.81. The average molecular weight is 369 g/mol. The zero-order valence-corrected chi connectivity index (χ0v) is 17.2. The second-order valence-corrected chi connectivity index (χ2v) is 6.81. The van der Waals surface area contributed by atoms with E-state index in [-0.39, 0.29) is 5.91 Å². The largest absolute Gasteiger partial charge is 0.372 e.